The van der Waals surface area contributed by atoms with Crippen molar-refractivity contribution in [2.75, 3.05) is 5.32 Å². The highest BCUT2D eigenvalue weighted by molar-refractivity contribution is 5.90. The van der Waals surface area contributed by atoms with E-state index in [1.54, 1.807) is 54.6 Å². The highest BCUT2D eigenvalue weighted by Gasteiger charge is 2.11. The molecule has 120 valence electrons. The third-order valence-electron chi connectivity index (χ3n) is 3.05. The van der Waals surface area contributed by atoms with E-state index in [-0.39, 0.29) is 22.6 Å². The van der Waals surface area contributed by atoms with Gasteiger partial charge in [-0.05, 0) is 36.4 Å². The third-order valence-corrected chi connectivity index (χ3v) is 3.05. The van der Waals surface area contributed by atoms with Crippen molar-refractivity contribution in [1.82, 2.24) is 0 Å². The summed E-state index contributed by atoms with van der Waals surface area (Å²) in [6, 6.07) is 17.5. The maximum Gasteiger partial charge on any atom is 0.339 e. The molecule has 0 saturated carbocycles. The molecule has 0 spiro atoms. The molecular weight excluding hydrogens is 320 g/mol. The molecule has 0 saturated heterocycles. The number of para-hydroxylation sites is 1. The van der Waals surface area contributed by atoms with Gasteiger partial charge in [-0.25, -0.2) is 4.79 Å². The largest absolute Gasteiger partial charge is 0.478 e. The normalized spacial score (nSPS) is 9.00. The zero-order valence-electron chi connectivity index (χ0n) is 12.7. The molecule has 2 rings (SSSR count). The van der Waals surface area contributed by atoms with Gasteiger partial charge in [-0.3, -0.25) is 0 Å². The molecule has 2 N–H and O–H groups in total. The summed E-state index contributed by atoms with van der Waals surface area (Å²) < 4.78 is 5.56. The fourth-order valence-corrected chi connectivity index (χ4v) is 1.89. The smallest absolute Gasteiger partial charge is 0.339 e. The van der Waals surface area contributed by atoms with E-state index in [4.69, 9.17) is 25.6 Å². The SMILES string of the molecule is N#CC(C#N)=C(C#N)Nc1ccc(Oc2ccccc2C(=O)O)cc1. The maximum absolute atomic E-state index is 11.2. The lowest BCUT2D eigenvalue weighted by Crippen LogP contribution is -2.01. The highest BCUT2D eigenvalue weighted by atomic mass is 16.5. The summed E-state index contributed by atoms with van der Waals surface area (Å²) in [4.78, 5) is 11.2. The van der Waals surface area contributed by atoms with Gasteiger partial charge in [0.2, 0.25) is 0 Å². The lowest BCUT2D eigenvalue weighted by atomic mass is 10.2. The minimum atomic E-state index is -1.10. The predicted octanol–water partition coefficient (Wildman–Crippen LogP) is 3.41. The Balaban J connectivity index is 2.21. The molecule has 0 aliphatic heterocycles. The summed E-state index contributed by atoms with van der Waals surface area (Å²) in [5.74, 6) is -0.509. The van der Waals surface area contributed by atoms with Crippen molar-refractivity contribution in [2.45, 2.75) is 0 Å². The zero-order valence-corrected chi connectivity index (χ0v) is 12.7. The number of carboxylic acids is 1. The number of hydrogen-bond acceptors (Lipinski definition) is 6. The zero-order chi connectivity index (χ0) is 18.2. The molecule has 0 heterocycles. The fraction of sp³-hybridized carbons (Fsp3) is 0. The van der Waals surface area contributed by atoms with Crippen LogP contribution in [0, 0.1) is 34.0 Å². The standard InChI is InChI=1S/C18H10N4O3/c19-9-12(10-20)16(11-21)22-13-5-7-14(8-6-13)25-17-4-2-1-3-15(17)18(23)24/h1-8,22H,(H,23,24). The summed E-state index contributed by atoms with van der Waals surface area (Å²) in [5, 5.41) is 38.4. The van der Waals surface area contributed by atoms with Crippen LogP contribution in [0.1, 0.15) is 10.4 Å². The number of benzene rings is 2. The molecule has 0 fully saturated rings. The Morgan fingerprint density at radius 2 is 1.60 bits per heavy atom. The topological polar surface area (TPSA) is 130 Å². The first-order valence-corrected chi connectivity index (χ1v) is 6.91. The van der Waals surface area contributed by atoms with E-state index in [1.807, 2.05) is 0 Å². The first-order valence-electron chi connectivity index (χ1n) is 6.91. The van der Waals surface area contributed by atoms with Crippen LogP contribution in [0.5, 0.6) is 11.5 Å². The first kappa shape index (κ1) is 17.1. The summed E-state index contributed by atoms with van der Waals surface area (Å²) >= 11 is 0. The van der Waals surface area contributed by atoms with Crippen LogP contribution in [-0.2, 0) is 0 Å². The van der Waals surface area contributed by atoms with Crippen LogP contribution in [0.25, 0.3) is 0 Å². The molecule has 0 aromatic heterocycles. The van der Waals surface area contributed by atoms with Gasteiger partial charge in [0.15, 0.2) is 5.57 Å². The van der Waals surface area contributed by atoms with Crippen LogP contribution in [0.15, 0.2) is 59.8 Å². The van der Waals surface area contributed by atoms with Crippen molar-refractivity contribution >= 4 is 11.7 Å². The van der Waals surface area contributed by atoms with Crippen LogP contribution in [-0.4, -0.2) is 11.1 Å². The minimum Gasteiger partial charge on any atom is -0.478 e. The number of carbonyl (C=O) groups is 1. The quantitative estimate of drug-likeness (QED) is 0.803. The van der Waals surface area contributed by atoms with Gasteiger partial charge in [0.1, 0.15) is 41.0 Å². The molecule has 0 atom stereocenters. The molecule has 2 aromatic carbocycles. The summed E-state index contributed by atoms with van der Waals surface area (Å²) in [6.07, 6.45) is 0. The summed E-state index contributed by atoms with van der Waals surface area (Å²) in [6.45, 7) is 0. The summed E-state index contributed by atoms with van der Waals surface area (Å²) in [5.41, 5.74) is 0.0265. The Morgan fingerprint density at radius 1 is 0.960 bits per heavy atom. The first-order chi connectivity index (χ1) is 12.1. The van der Waals surface area contributed by atoms with Crippen LogP contribution in [0.4, 0.5) is 5.69 Å². The second-order valence-corrected chi connectivity index (χ2v) is 4.64. The second kappa shape index (κ2) is 7.82. The van der Waals surface area contributed by atoms with E-state index in [2.05, 4.69) is 5.32 Å². The van der Waals surface area contributed by atoms with Gasteiger partial charge in [-0.15, -0.1) is 0 Å². The van der Waals surface area contributed by atoms with Gasteiger partial charge in [0, 0.05) is 5.69 Å². The van der Waals surface area contributed by atoms with Crippen molar-refractivity contribution in [3.8, 4) is 29.7 Å². The fourth-order valence-electron chi connectivity index (χ4n) is 1.89. The molecule has 7 heteroatoms. The van der Waals surface area contributed by atoms with Gasteiger partial charge < -0.3 is 15.2 Å². The van der Waals surface area contributed by atoms with Crippen molar-refractivity contribution in [3.05, 3.63) is 65.4 Å². The van der Waals surface area contributed by atoms with E-state index in [9.17, 15) is 4.79 Å². The van der Waals surface area contributed by atoms with Gasteiger partial charge in [0.05, 0.1) is 0 Å². The van der Waals surface area contributed by atoms with Crippen molar-refractivity contribution in [2.24, 2.45) is 0 Å². The lowest BCUT2D eigenvalue weighted by Gasteiger charge is -2.10. The Bertz CT molecular complexity index is 942. The van der Waals surface area contributed by atoms with Crippen LogP contribution >= 0.6 is 0 Å². The van der Waals surface area contributed by atoms with Crippen molar-refractivity contribution < 1.29 is 14.6 Å². The second-order valence-electron chi connectivity index (χ2n) is 4.64. The Labute approximate surface area is 143 Å². The van der Waals surface area contributed by atoms with Crippen LogP contribution < -0.4 is 10.1 Å². The average Bonchev–Trinajstić information content (AvgIpc) is 2.63. The van der Waals surface area contributed by atoms with Crippen LogP contribution in [0.3, 0.4) is 0 Å². The molecule has 0 bridgehead atoms. The predicted molar refractivity (Wildman–Crippen MR) is 87.4 cm³/mol. The molecule has 7 nitrogen and oxygen atoms in total. The molecule has 25 heavy (non-hydrogen) atoms. The van der Waals surface area contributed by atoms with E-state index < -0.39 is 5.97 Å². The molecule has 2 aromatic rings. The van der Waals surface area contributed by atoms with Gasteiger partial charge >= 0.3 is 5.97 Å². The number of aromatic carboxylic acids is 1. The highest BCUT2D eigenvalue weighted by Crippen LogP contribution is 2.26. The molecule has 0 unspecified atom stereocenters. The van der Waals surface area contributed by atoms with Crippen molar-refractivity contribution in [1.29, 1.82) is 15.8 Å². The summed E-state index contributed by atoms with van der Waals surface area (Å²) in [7, 11) is 0. The van der Waals surface area contributed by atoms with E-state index in [0.717, 1.165) is 0 Å². The Kier molecular flexibility index (Phi) is 5.35. The molecule has 0 amide bonds. The molecule has 0 aliphatic rings. The number of allylic oxidation sites excluding steroid dienone is 2. The number of nitrogens with one attached hydrogen (secondary N) is 1. The number of nitrogens with zero attached hydrogens (tertiary/aromatic N) is 3. The van der Waals surface area contributed by atoms with E-state index in [1.165, 1.54) is 12.1 Å². The van der Waals surface area contributed by atoms with E-state index in [0.29, 0.717) is 11.4 Å². The number of nitriles is 3. The van der Waals surface area contributed by atoms with Gasteiger partial charge in [0.25, 0.3) is 0 Å². The van der Waals surface area contributed by atoms with Crippen LogP contribution in [0.2, 0.25) is 0 Å². The number of anilines is 1. The number of ether oxygens (including phenoxy) is 1. The number of carboxylic acid groups (broad SMARTS) is 1. The molecular formula is C18H10N4O3. The molecule has 0 radical (unpaired) electrons. The number of hydrogen-bond donors (Lipinski definition) is 2. The number of rotatable bonds is 5. The monoisotopic (exact) mass is 330 g/mol. The lowest BCUT2D eigenvalue weighted by molar-refractivity contribution is 0.0694. The van der Waals surface area contributed by atoms with Gasteiger partial charge in [-0.1, -0.05) is 12.1 Å². The third kappa shape index (κ3) is 4.13. The average molecular weight is 330 g/mol. The van der Waals surface area contributed by atoms with E-state index >= 15 is 0 Å². The maximum atomic E-state index is 11.2. The molecule has 0 aliphatic carbocycles. The van der Waals surface area contributed by atoms with Gasteiger partial charge in [-0.2, -0.15) is 15.8 Å². The minimum absolute atomic E-state index is 0.0343. The Hall–Kier alpha value is -4.28. The Morgan fingerprint density at radius 3 is 2.16 bits per heavy atom. The van der Waals surface area contributed by atoms with Crippen molar-refractivity contribution in [3.63, 3.8) is 0 Å².